The fourth-order valence-electron chi connectivity index (χ4n) is 2.99. The molecule has 0 aromatic heterocycles. The van der Waals surface area contributed by atoms with E-state index < -0.39 is 0 Å². The quantitative estimate of drug-likeness (QED) is 0.419. The number of nitrogens with zero attached hydrogens (tertiary/aromatic N) is 1. The Bertz CT molecular complexity index is 874. The van der Waals surface area contributed by atoms with Gasteiger partial charge in [0, 0.05) is 6.54 Å². The molecule has 0 bridgehead atoms. The van der Waals surface area contributed by atoms with Gasteiger partial charge in [-0.05, 0) is 54.4 Å². The van der Waals surface area contributed by atoms with Crippen LogP contribution in [-0.4, -0.2) is 22.6 Å². The van der Waals surface area contributed by atoms with Gasteiger partial charge in [0.15, 0.2) is 0 Å². The summed E-state index contributed by atoms with van der Waals surface area (Å²) in [7, 11) is 0. The molecule has 146 valence electrons. The van der Waals surface area contributed by atoms with Crippen LogP contribution in [0.15, 0.2) is 53.4 Å². The molecule has 1 saturated heterocycles. The van der Waals surface area contributed by atoms with E-state index in [1.165, 1.54) is 10.5 Å². The minimum atomic E-state index is -0.189. The predicted molar refractivity (Wildman–Crippen MR) is 114 cm³/mol. The number of ether oxygens (including phenoxy) is 1. The Morgan fingerprint density at radius 2 is 1.86 bits per heavy atom. The number of carbonyl (C=O) groups excluding carboxylic acids is 2. The molecule has 1 aliphatic rings. The number of imide groups is 1. The summed E-state index contributed by atoms with van der Waals surface area (Å²) in [4.78, 5) is 26.4. The van der Waals surface area contributed by atoms with Gasteiger partial charge in [-0.2, -0.15) is 0 Å². The molecule has 3 rings (SSSR count). The number of unbranched alkanes of at least 4 members (excludes halogenated alkanes) is 2. The molecule has 1 aliphatic heterocycles. The highest BCUT2D eigenvalue weighted by molar-refractivity contribution is 8.18. The highest BCUT2D eigenvalue weighted by Gasteiger charge is 2.34. The van der Waals surface area contributed by atoms with Crippen molar-refractivity contribution in [2.75, 3.05) is 6.54 Å². The molecule has 0 spiro atoms. The molecule has 5 heteroatoms. The highest BCUT2D eigenvalue weighted by Crippen LogP contribution is 2.32. The fourth-order valence-corrected chi connectivity index (χ4v) is 3.86. The molecule has 0 radical (unpaired) electrons. The maximum atomic E-state index is 12.5. The van der Waals surface area contributed by atoms with E-state index in [9.17, 15) is 9.59 Å². The summed E-state index contributed by atoms with van der Waals surface area (Å²) < 4.78 is 5.83. The largest absolute Gasteiger partial charge is 0.489 e. The lowest BCUT2D eigenvalue weighted by Gasteiger charge is -2.11. The van der Waals surface area contributed by atoms with Crippen molar-refractivity contribution in [1.82, 2.24) is 4.90 Å². The smallest absolute Gasteiger partial charge is 0.293 e. The summed E-state index contributed by atoms with van der Waals surface area (Å²) in [5.74, 6) is 0.581. The third-order valence-electron chi connectivity index (χ3n) is 4.52. The number of benzene rings is 2. The van der Waals surface area contributed by atoms with E-state index in [0.29, 0.717) is 18.1 Å². The van der Waals surface area contributed by atoms with Gasteiger partial charge >= 0.3 is 0 Å². The molecule has 2 aromatic rings. The zero-order valence-electron chi connectivity index (χ0n) is 16.3. The molecule has 0 aliphatic carbocycles. The van der Waals surface area contributed by atoms with Crippen molar-refractivity contribution >= 4 is 29.0 Å². The average Bonchev–Trinajstić information content (AvgIpc) is 2.95. The summed E-state index contributed by atoms with van der Waals surface area (Å²) in [6.07, 6.45) is 4.71. The van der Waals surface area contributed by atoms with Crippen LogP contribution in [0, 0.1) is 6.92 Å². The number of aryl methyl sites for hydroxylation is 1. The normalized spacial score (nSPS) is 15.5. The van der Waals surface area contributed by atoms with Crippen LogP contribution >= 0.6 is 11.8 Å². The molecule has 0 unspecified atom stereocenters. The Hall–Kier alpha value is -2.53. The Kier molecular flexibility index (Phi) is 6.93. The van der Waals surface area contributed by atoms with Gasteiger partial charge in [-0.3, -0.25) is 14.5 Å². The molecule has 1 heterocycles. The summed E-state index contributed by atoms with van der Waals surface area (Å²) in [6.45, 7) is 5.17. The van der Waals surface area contributed by atoms with Crippen LogP contribution < -0.4 is 4.74 Å². The lowest BCUT2D eigenvalue weighted by atomic mass is 10.1. The first-order valence-electron chi connectivity index (χ1n) is 9.60. The zero-order chi connectivity index (χ0) is 19.9. The van der Waals surface area contributed by atoms with Crippen LogP contribution in [0.5, 0.6) is 5.75 Å². The summed E-state index contributed by atoms with van der Waals surface area (Å²) in [5.41, 5.74) is 3.21. The Morgan fingerprint density at radius 3 is 2.57 bits per heavy atom. The van der Waals surface area contributed by atoms with Gasteiger partial charge in [0.05, 0.1) is 4.91 Å². The fraction of sp³-hybridized carbons (Fsp3) is 0.304. The van der Waals surface area contributed by atoms with Crippen molar-refractivity contribution in [1.29, 1.82) is 0 Å². The zero-order valence-corrected chi connectivity index (χ0v) is 17.1. The van der Waals surface area contributed by atoms with E-state index >= 15 is 0 Å². The van der Waals surface area contributed by atoms with Crippen LogP contribution in [0.2, 0.25) is 0 Å². The van der Waals surface area contributed by atoms with Crippen molar-refractivity contribution in [2.24, 2.45) is 0 Å². The van der Waals surface area contributed by atoms with Crippen molar-refractivity contribution < 1.29 is 14.3 Å². The number of carbonyl (C=O) groups is 2. The number of hydrogen-bond acceptors (Lipinski definition) is 4. The second kappa shape index (κ2) is 9.60. The molecular formula is C23H25NO3S. The maximum absolute atomic E-state index is 12.5. The van der Waals surface area contributed by atoms with E-state index in [1.54, 1.807) is 6.08 Å². The van der Waals surface area contributed by atoms with E-state index in [4.69, 9.17) is 4.74 Å². The summed E-state index contributed by atoms with van der Waals surface area (Å²) in [5, 5.41) is -0.175. The molecule has 1 fully saturated rings. The lowest BCUT2D eigenvalue weighted by Crippen LogP contribution is -2.29. The van der Waals surface area contributed by atoms with E-state index in [-0.39, 0.29) is 11.1 Å². The lowest BCUT2D eigenvalue weighted by molar-refractivity contribution is -0.122. The number of amides is 2. The van der Waals surface area contributed by atoms with Crippen LogP contribution in [-0.2, 0) is 11.4 Å². The standard InChI is InChI=1S/C23H25NO3S/c1-3-4-5-13-24-22(25)21(28-23(24)26)15-18-9-11-20(12-10-18)27-16-19-8-6-7-17(2)14-19/h6-12,14-15H,3-5,13,16H2,1-2H3/b21-15-. The Labute approximate surface area is 170 Å². The number of rotatable bonds is 8. The molecule has 0 saturated carbocycles. The van der Waals surface area contributed by atoms with E-state index in [1.807, 2.05) is 36.4 Å². The van der Waals surface area contributed by atoms with E-state index in [0.717, 1.165) is 47.9 Å². The Balaban J connectivity index is 1.60. The summed E-state index contributed by atoms with van der Waals surface area (Å²) in [6, 6.07) is 15.8. The molecule has 2 amide bonds. The van der Waals surface area contributed by atoms with Crippen molar-refractivity contribution in [3.63, 3.8) is 0 Å². The number of thioether (sulfide) groups is 1. The van der Waals surface area contributed by atoms with Gasteiger partial charge in [0.2, 0.25) is 0 Å². The molecule has 28 heavy (non-hydrogen) atoms. The molecular weight excluding hydrogens is 370 g/mol. The van der Waals surface area contributed by atoms with Gasteiger partial charge in [0.1, 0.15) is 12.4 Å². The third-order valence-corrected chi connectivity index (χ3v) is 5.43. The van der Waals surface area contributed by atoms with Gasteiger partial charge < -0.3 is 4.74 Å². The van der Waals surface area contributed by atoms with Crippen molar-refractivity contribution in [3.8, 4) is 5.75 Å². The first-order valence-corrected chi connectivity index (χ1v) is 10.4. The second-order valence-corrected chi connectivity index (χ2v) is 7.88. The minimum absolute atomic E-state index is 0.175. The second-order valence-electron chi connectivity index (χ2n) is 6.89. The topological polar surface area (TPSA) is 46.6 Å². The average molecular weight is 396 g/mol. The molecule has 4 nitrogen and oxygen atoms in total. The van der Waals surface area contributed by atoms with E-state index in [2.05, 4.69) is 26.0 Å². The molecule has 2 aromatic carbocycles. The van der Waals surface area contributed by atoms with Gasteiger partial charge in [-0.15, -0.1) is 0 Å². The highest BCUT2D eigenvalue weighted by atomic mass is 32.2. The van der Waals surface area contributed by atoms with Crippen LogP contribution in [0.3, 0.4) is 0 Å². The third kappa shape index (κ3) is 5.26. The minimum Gasteiger partial charge on any atom is -0.489 e. The van der Waals surface area contributed by atoms with Crippen molar-refractivity contribution in [2.45, 2.75) is 39.7 Å². The van der Waals surface area contributed by atoms with Crippen LogP contribution in [0.25, 0.3) is 6.08 Å². The molecule has 0 N–H and O–H groups in total. The Morgan fingerprint density at radius 1 is 1.07 bits per heavy atom. The van der Waals surface area contributed by atoms with Crippen LogP contribution in [0.4, 0.5) is 4.79 Å². The van der Waals surface area contributed by atoms with Crippen LogP contribution in [0.1, 0.15) is 42.9 Å². The van der Waals surface area contributed by atoms with Gasteiger partial charge in [-0.25, -0.2) is 0 Å². The summed E-state index contributed by atoms with van der Waals surface area (Å²) >= 11 is 1.02. The number of hydrogen-bond donors (Lipinski definition) is 0. The maximum Gasteiger partial charge on any atom is 0.293 e. The van der Waals surface area contributed by atoms with Gasteiger partial charge in [-0.1, -0.05) is 61.7 Å². The first-order chi connectivity index (χ1) is 13.6. The van der Waals surface area contributed by atoms with Gasteiger partial charge in [0.25, 0.3) is 11.1 Å². The van der Waals surface area contributed by atoms with Crippen molar-refractivity contribution in [3.05, 3.63) is 70.1 Å². The first kappa shape index (κ1) is 20.2. The SMILES string of the molecule is CCCCCN1C(=O)S/C(=C\c2ccc(OCc3cccc(C)c3)cc2)C1=O. The monoisotopic (exact) mass is 395 g/mol. The predicted octanol–water partition coefficient (Wildman–Crippen LogP) is 5.80. The molecule has 0 atom stereocenters.